The van der Waals surface area contributed by atoms with E-state index in [9.17, 15) is 5.11 Å². The number of aliphatic hydroxyl groups is 1. The molecule has 2 rings (SSSR count). The maximum Gasteiger partial charge on any atom is 0.0854 e. The third-order valence-corrected chi connectivity index (χ3v) is 4.68. The summed E-state index contributed by atoms with van der Waals surface area (Å²) < 4.78 is 6.22. The quantitative estimate of drug-likeness (QED) is 0.582. The van der Waals surface area contributed by atoms with Crippen LogP contribution in [0.2, 0.25) is 5.02 Å². The number of hydrogen-bond acceptors (Lipinski definition) is 4. The topological polar surface area (TPSA) is 53.5 Å². The van der Waals surface area contributed by atoms with Gasteiger partial charge in [-0.15, -0.1) is 0 Å². The molecule has 0 aliphatic carbocycles. The van der Waals surface area contributed by atoms with Crippen molar-refractivity contribution < 1.29 is 9.84 Å². The Morgan fingerprint density at radius 1 is 1.30 bits per heavy atom. The average molecular weight is 389 g/mol. The number of benzene rings is 1. The molecule has 1 aliphatic rings. The van der Waals surface area contributed by atoms with Crippen molar-refractivity contribution in [2.75, 3.05) is 13.6 Å². The number of nitrogens with one attached hydrogen (secondary N) is 2. The van der Waals surface area contributed by atoms with E-state index in [2.05, 4.69) is 17.2 Å². The largest absolute Gasteiger partial charge is 0.394 e. The monoisotopic (exact) mass is 388 g/mol. The number of aliphatic hydroxyl groups excluding tert-OH is 1. The molecule has 1 aliphatic heterocycles. The molecular formula is C22H29ClN2O2. The molecule has 0 radical (unpaired) electrons. The molecule has 1 aromatic carbocycles. The standard InChI is InChI=1S/C22H29ClN2O2/c1-4-16(2)5-10-19(11-12-24-3)25-15-21-13-20(26)14-22(27-21)17-6-8-18(23)9-7-17/h4-12,20-22,24-26H,1,13-15H2,2-3H3/b12-11-,16-5+,19-10+. The molecule has 0 aromatic heterocycles. The van der Waals surface area contributed by atoms with Crippen LogP contribution in [0.3, 0.4) is 0 Å². The van der Waals surface area contributed by atoms with Gasteiger partial charge in [-0.1, -0.05) is 48.0 Å². The zero-order chi connectivity index (χ0) is 19.6. The molecule has 1 aromatic rings. The van der Waals surface area contributed by atoms with Crippen molar-refractivity contribution in [2.45, 2.75) is 38.1 Å². The Kier molecular flexibility index (Phi) is 8.65. The lowest BCUT2D eigenvalue weighted by Crippen LogP contribution is -2.37. The van der Waals surface area contributed by atoms with Crippen LogP contribution in [0.25, 0.3) is 0 Å². The Morgan fingerprint density at radius 2 is 2.04 bits per heavy atom. The number of halogens is 1. The first-order chi connectivity index (χ1) is 13.0. The minimum absolute atomic E-state index is 0.0784. The Balaban J connectivity index is 2.02. The molecule has 0 bridgehead atoms. The zero-order valence-electron chi connectivity index (χ0n) is 16.0. The second kappa shape index (κ2) is 11.0. The summed E-state index contributed by atoms with van der Waals surface area (Å²) in [4.78, 5) is 0. The maximum atomic E-state index is 10.3. The van der Waals surface area contributed by atoms with Crippen LogP contribution in [0.5, 0.6) is 0 Å². The molecule has 0 saturated carbocycles. The van der Waals surface area contributed by atoms with Crippen molar-refractivity contribution in [2.24, 2.45) is 0 Å². The molecule has 1 heterocycles. The molecule has 146 valence electrons. The predicted octanol–water partition coefficient (Wildman–Crippen LogP) is 4.26. The molecule has 3 N–H and O–H groups in total. The molecule has 27 heavy (non-hydrogen) atoms. The lowest BCUT2D eigenvalue weighted by molar-refractivity contribution is -0.0951. The van der Waals surface area contributed by atoms with Gasteiger partial charge in [-0.25, -0.2) is 0 Å². The summed E-state index contributed by atoms with van der Waals surface area (Å²) in [5.41, 5.74) is 3.08. The van der Waals surface area contributed by atoms with Crippen molar-refractivity contribution in [3.63, 3.8) is 0 Å². The number of rotatable bonds is 8. The first-order valence-corrected chi connectivity index (χ1v) is 9.57. The van der Waals surface area contributed by atoms with Gasteiger partial charge in [0.25, 0.3) is 0 Å². The highest BCUT2D eigenvalue weighted by Crippen LogP contribution is 2.32. The lowest BCUT2D eigenvalue weighted by Gasteiger charge is -2.34. The van der Waals surface area contributed by atoms with Gasteiger partial charge in [0.1, 0.15) is 0 Å². The van der Waals surface area contributed by atoms with Crippen molar-refractivity contribution >= 4 is 11.6 Å². The lowest BCUT2D eigenvalue weighted by atomic mass is 9.96. The van der Waals surface area contributed by atoms with Crippen LogP contribution in [0, 0.1) is 0 Å². The fourth-order valence-electron chi connectivity index (χ4n) is 2.88. The molecular weight excluding hydrogens is 360 g/mol. The van der Waals surface area contributed by atoms with E-state index in [0.717, 1.165) is 16.8 Å². The normalized spacial score (nSPS) is 24.1. The first-order valence-electron chi connectivity index (χ1n) is 9.19. The van der Waals surface area contributed by atoms with Crippen molar-refractivity contribution in [1.82, 2.24) is 10.6 Å². The molecule has 0 spiro atoms. The van der Waals surface area contributed by atoms with Gasteiger partial charge < -0.3 is 20.5 Å². The van der Waals surface area contributed by atoms with Gasteiger partial charge >= 0.3 is 0 Å². The Labute approximate surface area is 167 Å². The van der Waals surface area contributed by atoms with Crippen LogP contribution in [0.1, 0.15) is 31.4 Å². The van der Waals surface area contributed by atoms with Gasteiger partial charge in [0, 0.05) is 37.2 Å². The number of ether oxygens (including phenoxy) is 1. The molecule has 3 atom stereocenters. The molecule has 3 unspecified atom stereocenters. The Bertz CT molecular complexity index is 695. The van der Waals surface area contributed by atoms with Gasteiger partial charge in [-0.2, -0.15) is 0 Å². The summed E-state index contributed by atoms with van der Waals surface area (Å²) in [6, 6.07) is 7.62. The molecule has 1 fully saturated rings. The van der Waals surface area contributed by atoms with Gasteiger partial charge in [-0.05, 0) is 43.0 Å². The van der Waals surface area contributed by atoms with Gasteiger partial charge in [0.2, 0.25) is 0 Å². The second-order valence-corrected chi connectivity index (χ2v) is 7.10. The molecule has 1 saturated heterocycles. The van der Waals surface area contributed by atoms with Crippen LogP contribution in [-0.4, -0.2) is 30.9 Å². The van der Waals surface area contributed by atoms with E-state index in [1.165, 1.54) is 0 Å². The molecule has 5 heteroatoms. The summed E-state index contributed by atoms with van der Waals surface area (Å²) >= 11 is 5.97. The van der Waals surface area contributed by atoms with Crippen molar-refractivity contribution in [1.29, 1.82) is 0 Å². The average Bonchev–Trinajstić information content (AvgIpc) is 2.67. The summed E-state index contributed by atoms with van der Waals surface area (Å²) in [6.45, 7) is 6.38. The third-order valence-electron chi connectivity index (χ3n) is 4.43. The van der Waals surface area contributed by atoms with Crippen molar-refractivity contribution in [3.8, 4) is 0 Å². The van der Waals surface area contributed by atoms with E-state index in [-0.39, 0.29) is 18.3 Å². The fourth-order valence-corrected chi connectivity index (χ4v) is 3.01. The SMILES string of the molecule is C=C/C(C)=C/C=C(\C=C/NC)NCC1CC(O)CC(c2ccc(Cl)cc2)O1. The number of allylic oxidation sites excluding steroid dienone is 5. The zero-order valence-corrected chi connectivity index (χ0v) is 16.7. The van der Waals surface area contributed by atoms with E-state index in [4.69, 9.17) is 16.3 Å². The van der Waals surface area contributed by atoms with E-state index in [0.29, 0.717) is 24.4 Å². The minimum atomic E-state index is -0.380. The summed E-state index contributed by atoms with van der Waals surface area (Å²) in [7, 11) is 1.86. The fraction of sp³-hybridized carbons (Fsp3) is 0.364. The van der Waals surface area contributed by atoms with Crippen molar-refractivity contribution in [3.05, 3.63) is 83.2 Å². The molecule has 4 nitrogen and oxygen atoms in total. The second-order valence-electron chi connectivity index (χ2n) is 6.66. The third kappa shape index (κ3) is 7.25. The van der Waals surface area contributed by atoms with Crippen LogP contribution in [0.15, 0.2) is 72.6 Å². The first kappa shape index (κ1) is 21.3. The van der Waals surface area contributed by atoms with Gasteiger partial charge in [-0.3, -0.25) is 0 Å². The predicted molar refractivity (Wildman–Crippen MR) is 113 cm³/mol. The minimum Gasteiger partial charge on any atom is -0.394 e. The maximum absolute atomic E-state index is 10.3. The van der Waals surface area contributed by atoms with Gasteiger partial charge in [0.15, 0.2) is 0 Å². The van der Waals surface area contributed by atoms with E-state index >= 15 is 0 Å². The smallest absolute Gasteiger partial charge is 0.0854 e. The van der Waals surface area contributed by atoms with E-state index in [1.807, 2.05) is 68.7 Å². The van der Waals surface area contributed by atoms with Crippen LogP contribution in [-0.2, 0) is 4.74 Å². The Hall–Kier alpha value is -2.01. The van der Waals surface area contributed by atoms with Gasteiger partial charge in [0.05, 0.1) is 18.3 Å². The van der Waals surface area contributed by atoms with E-state index in [1.54, 1.807) is 0 Å². The highest BCUT2D eigenvalue weighted by atomic mass is 35.5. The van der Waals surface area contributed by atoms with Crippen LogP contribution < -0.4 is 10.6 Å². The summed E-state index contributed by atoms with van der Waals surface area (Å²) in [6.07, 6.45) is 10.3. The van der Waals surface area contributed by atoms with E-state index < -0.39 is 0 Å². The molecule has 0 amide bonds. The highest BCUT2D eigenvalue weighted by molar-refractivity contribution is 6.30. The highest BCUT2D eigenvalue weighted by Gasteiger charge is 2.29. The van der Waals surface area contributed by atoms with Crippen LogP contribution in [0.4, 0.5) is 0 Å². The summed E-state index contributed by atoms with van der Waals surface area (Å²) in [5, 5.41) is 17.4. The number of hydrogen-bond donors (Lipinski definition) is 3. The summed E-state index contributed by atoms with van der Waals surface area (Å²) in [5.74, 6) is 0. The van der Waals surface area contributed by atoms with Crippen LogP contribution >= 0.6 is 11.6 Å². The Morgan fingerprint density at radius 3 is 2.70 bits per heavy atom.